The van der Waals surface area contributed by atoms with Crippen LogP contribution in [0.1, 0.15) is 11.7 Å². The highest BCUT2D eigenvalue weighted by Gasteiger charge is 2.43. The molecule has 0 radical (unpaired) electrons. The van der Waals surface area contributed by atoms with Crippen molar-refractivity contribution in [1.82, 2.24) is 10.0 Å². The Morgan fingerprint density at radius 3 is 2.45 bits per heavy atom. The number of benzene rings is 2. The molecule has 110 valence electrons. The highest BCUT2D eigenvalue weighted by Crippen LogP contribution is 2.40. The fourth-order valence-corrected chi connectivity index (χ4v) is 3.46. The molecular formula is C17H14ClN3S. The van der Waals surface area contributed by atoms with E-state index in [0.717, 1.165) is 22.4 Å². The van der Waals surface area contributed by atoms with Gasteiger partial charge in [0.1, 0.15) is 6.17 Å². The molecule has 5 heteroatoms. The first-order valence-electron chi connectivity index (χ1n) is 7.12. The molecule has 2 aliphatic rings. The molecule has 2 aromatic carbocycles. The number of halogens is 1. The van der Waals surface area contributed by atoms with Gasteiger partial charge in [-0.3, -0.25) is 9.91 Å². The van der Waals surface area contributed by atoms with Gasteiger partial charge in [0.25, 0.3) is 0 Å². The average Bonchev–Trinajstić information content (AvgIpc) is 3.12. The normalized spacial score (nSPS) is 20.8. The van der Waals surface area contributed by atoms with Crippen LogP contribution in [0.15, 0.2) is 66.9 Å². The minimum atomic E-state index is 0.0437. The number of anilines is 1. The number of rotatable bonds is 2. The van der Waals surface area contributed by atoms with E-state index in [-0.39, 0.29) is 6.17 Å². The summed E-state index contributed by atoms with van der Waals surface area (Å²) in [4.78, 5) is 2.18. The van der Waals surface area contributed by atoms with Crippen molar-refractivity contribution < 1.29 is 0 Å². The smallest absolute Gasteiger partial charge is 0.196 e. The van der Waals surface area contributed by atoms with Gasteiger partial charge >= 0.3 is 0 Å². The maximum Gasteiger partial charge on any atom is 0.196 e. The van der Waals surface area contributed by atoms with Crippen LogP contribution in [0.4, 0.5) is 5.69 Å². The van der Waals surface area contributed by atoms with Crippen molar-refractivity contribution in [2.75, 3.05) is 11.4 Å². The number of hydrazine groups is 1. The second-order valence-corrected chi connectivity index (χ2v) is 6.07. The third-order valence-corrected chi connectivity index (χ3v) is 4.58. The van der Waals surface area contributed by atoms with Crippen molar-refractivity contribution in [2.45, 2.75) is 6.17 Å². The summed E-state index contributed by atoms with van der Waals surface area (Å²) in [5, 5.41) is 5.83. The third-order valence-electron chi connectivity index (χ3n) is 3.95. The fraction of sp³-hybridized carbons (Fsp3) is 0.118. The first-order chi connectivity index (χ1) is 10.8. The molecule has 0 bridgehead atoms. The Morgan fingerprint density at radius 1 is 1.00 bits per heavy atom. The first kappa shape index (κ1) is 13.8. The highest BCUT2D eigenvalue weighted by molar-refractivity contribution is 7.80. The van der Waals surface area contributed by atoms with E-state index in [2.05, 4.69) is 40.3 Å². The zero-order chi connectivity index (χ0) is 15.1. The lowest BCUT2D eigenvalue weighted by molar-refractivity contribution is 0.110. The molecule has 22 heavy (non-hydrogen) atoms. The Balaban J connectivity index is 1.81. The van der Waals surface area contributed by atoms with E-state index < -0.39 is 0 Å². The monoisotopic (exact) mass is 327 g/mol. The second kappa shape index (κ2) is 5.39. The van der Waals surface area contributed by atoms with E-state index in [9.17, 15) is 0 Å². The number of fused-ring (bicyclic) bond motifs is 1. The van der Waals surface area contributed by atoms with Crippen LogP contribution in [0.5, 0.6) is 0 Å². The minimum absolute atomic E-state index is 0.0437. The van der Waals surface area contributed by atoms with Crippen molar-refractivity contribution in [2.24, 2.45) is 0 Å². The second-order valence-electron chi connectivity index (χ2n) is 5.26. The van der Waals surface area contributed by atoms with Gasteiger partial charge in [-0.05, 0) is 42.0 Å². The van der Waals surface area contributed by atoms with Crippen molar-refractivity contribution in [3.8, 4) is 0 Å². The molecule has 4 rings (SSSR count). The van der Waals surface area contributed by atoms with Gasteiger partial charge in [0, 0.05) is 23.5 Å². The summed E-state index contributed by atoms with van der Waals surface area (Å²) < 4.78 is 0. The quantitative estimate of drug-likeness (QED) is 0.765. The molecule has 1 fully saturated rings. The number of para-hydroxylation sites is 1. The maximum atomic E-state index is 6.04. The van der Waals surface area contributed by atoms with Crippen molar-refractivity contribution in [1.29, 1.82) is 0 Å². The standard InChI is InChI=1S/C17H14ClN3S/c18-14-9-7-13(8-10-14)16-19-11-4-12-20(19)17(22)21(16)15-5-2-1-3-6-15/h1-10,12,16H,11H2. The molecule has 0 N–H and O–H groups in total. The summed E-state index contributed by atoms with van der Waals surface area (Å²) in [7, 11) is 0. The van der Waals surface area contributed by atoms with Gasteiger partial charge < -0.3 is 0 Å². The summed E-state index contributed by atoms with van der Waals surface area (Å²) in [6.07, 6.45) is 4.20. The maximum absolute atomic E-state index is 6.04. The zero-order valence-electron chi connectivity index (χ0n) is 11.8. The van der Waals surface area contributed by atoms with Crippen molar-refractivity contribution in [3.05, 3.63) is 77.5 Å². The van der Waals surface area contributed by atoms with Crippen LogP contribution >= 0.6 is 23.8 Å². The first-order valence-corrected chi connectivity index (χ1v) is 7.90. The SMILES string of the molecule is S=C1N(c2ccccc2)C(c2ccc(Cl)cc2)N2CC=CN12. The van der Waals surface area contributed by atoms with Gasteiger partial charge in [0.05, 0.1) is 0 Å². The summed E-state index contributed by atoms with van der Waals surface area (Å²) in [5.41, 5.74) is 2.26. The van der Waals surface area contributed by atoms with Gasteiger partial charge in [-0.25, -0.2) is 0 Å². The molecule has 1 unspecified atom stereocenters. The fourth-order valence-electron chi connectivity index (χ4n) is 2.96. The van der Waals surface area contributed by atoms with Crippen LogP contribution in [0, 0.1) is 0 Å². The molecule has 2 heterocycles. The molecule has 0 aliphatic carbocycles. The molecule has 0 amide bonds. The largest absolute Gasteiger partial charge is 0.295 e. The van der Waals surface area contributed by atoms with Crippen LogP contribution in [-0.4, -0.2) is 21.7 Å². The third kappa shape index (κ3) is 2.11. The average molecular weight is 328 g/mol. The lowest BCUT2D eigenvalue weighted by atomic mass is 10.1. The van der Waals surface area contributed by atoms with Gasteiger partial charge in [0.15, 0.2) is 5.11 Å². The van der Waals surface area contributed by atoms with Crippen LogP contribution in [-0.2, 0) is 0 Å². The summed E-state index contributed by atoms with van der Waals surface area (Å²) in [6, 6.07) is 18.2. The number of hydrogen-bond donors (Lipinski definition) is 0. The Hall–Kier alpha value is -1.88. The van der Waals surface area contributed by atoms with Gasteiger partial charge in [-0.15, -0.1) is 0 Å². The molecule has 2 aromatic rings. The van der Waals surface area contributed by atoms with Crippen molar-refractivity contribution in [3.63, 3.8) is 0 Å². The molecule has 3 nitrogen and oxygen atoms in total. The van der Waals surface area contributed by atoms with Crippen molar-refractivity contribution >= 4 is 34.6 Å². The molecule has 0 saturated carbocycles. The minimum Gasteiger partial charge on any atom is -0.295 e. The summed E-state index contributed by atoms with van der Waals surface area (Å²) >= 11 is 11.7. The zero-order valence-corrected chi connectivity index (χ0v) is 13.3. The molecule has 1 saturated heterocycles. The molecule has 1 atom stereocenters. The lowest BCUT2D eigenvalue weighted by Gasteiger charge is -2.28. The van der Waals surface area contributed by atoms with Gasteiger partial charge in [-0.1, -0.05) is 48.0 Å². The molecule has 0 spiro atoms. The Bertz CT molecular complexity index is 729. The Morgan fingerprint density at radius 2 is 1.73 bits per heavy atom. The van der Waals surface area contributed by atoms with E-state index >= 15 is 0 Å². The topological polar surface area (TPSA) is 9.72 Å². The Kier molecular flexibility index (Phi) is 3.37. The number of nitrogens with zero attached hydrogens (tertiary/aromatic N) is 3. The van der Waals surface area contributed by atoms with Gasteiger partial charge in [0.2, 0.25) is 0 Å². The molecule has 2 aliphatic heterocycles. The van der Waals surface area contributed by atoms with Crippen LogP contribution in [0.3, 0.4) is 0 Å². The summed E-state index contributed by atoms with van der Waals surface area (Å²) in [6.45, 7) is 0.844. The van der Waals surface area contributed by atoms with E-state index in [4.69, 9.17) is 23.8 Å². The lowest BCUT2D eigenvalue weighted by Crippen LogP contribution is -2.32. The predicted octanol–water partition coefficient (Wildman–Crippen LogP) is 4.19. The van der Waals surface area contributed by atoms with Crippen LogP contribution < -0.4 is 4.90 Å². The Labute approximate surface area is 140 Å². The van der Waals surface area contributed by atoms with E-state index in [0.29, 0.717) is 0 Å². The number of hydrogen-bond acceptors (Lipinski definition) is 2. The summed E-state index contributed by atoms with van der Waals surface area (Å²) in [5.74, 6) is 0. The number of thiocarbonyl (C=S) groups is 1. The molecule has 0 aromatic heterocycles. The van der Waals surface area contributed by atoms with E-state index in [1.807, 2.05) is 41.5 Å². The van der Waals surface area contributed by atoms with Crippen LogP contribution in [0.2, 0.25) is 5.02 Å². The predicted molar refractivity (Wildman–Crippen MR) is 93.4 cm³/mol. The van der Waals surface area contributed by atoms with E-state index in [1.165, 1.54) is 5.56 Å². The van der Waals surface area contributed by atoms with Crippen LogP contribution in [0.25, 0.3) is 0 Å². The van der Waals surface area contributed by atoms with Gasteiger partial charge in [-0.2, -0.15) is 5.01 Å². The van der Waals surface area contributed by atoms with E-state index in [1.54, 1.807) is 0 Å². The highest BCUT2D eigenvalue weighted by atomic mass is 35.5. The molecular weight excluding hydrogens is 314 g/mol.